The van der Waals surface area contributed by atoms with E-state index in [2.05, 4.69) is 17.4 Å². The van der Waals surface area contributed by atoms with E-state index in [0.29, 0.717) is 0 Å². The Labute approximate surface area is 179 Å². The summed E-state index contributed by atoms with van der Waals surface area (Å²) in [5, 5.41) is 32.9. The number of hydrogen-bond acceptors (Lipinski definition) is 6. The Bertz CT molecular complexity index is 1060. The largest absolute Gasteiger partial charge is 0.505 e. The summed E-state index contributed by atoms with van der Waals surface area (Å²) in [6.45, 7) is -0.111. The molecule has 3 aromatic carbocycles. The van der Waals surface area contributed by atoms with Gasteiger partial charge in [-0.25, -0.2) is 4.79 Å². The fourth-order valence-electron chi connectivity index (χ4n) is 3.97. The molecule has 3 aromatic rings. The van der Waals surface area contributed by atoms with Gasteiger partial charge in [-0.1, -0.05) is 60.7 Å². The molecule has 0 bridgehead atoms. The van der Waals surface area contributed by atoms with E-state index in [1.54, 1.807) is 6.07 Å². The average molecular weight is 420 g/mol. The van der Waals surface area contributed by atoms with E-state index in [9.17, 15) is 20.1 Å². The Morgan fingerprint density at radius 2 is 1.58 bits per heavy atom. The number of nitrogens with one attached hydrogen (secondary N) is 1. The van der Waals surface area contributed by atoms with Crippen LogP contribution in [-0.4, -0.2) is 40.7 Å². The second kappa shape index (κ2) is 8.67. The summed E-state index contributed by atoms with van der Waals surface area (Å²) in [4.78, 5) is 12.2. The number of nitrogens with two attached hydrogens (primary N) is 1. The molecule has 0 aromatic heterocycles. The number of carbonyl (C=O) groups excluding carboxylic acids is 1. The first-order valence-electron chi connectivity index (χ1n) is 9.99. The summed E-state index contributed by atoms with van der Waals surface area (Å²) in [5.41, 5.74) is 10.3. The van der Waals surface area contributed by atoms with Crippen LogP contribution < -0.4 is 11.1 Å². The normalized spacial score (nSPS) is 14.4. The van der Waals surface area contributed by atoms with Crippen LogP contribution in [0.1, 0.15) is 28.7 Å². The topological polar surface area (TPSA) is 125 Å². The minimum absolute atomic E-state index is 0.0714. The van der Waals surface area contributed by atoms with E-state index in [1.807, 2.05) is 36.4 Å². The summed E-state index contributed by atoms with van der Waals surface area (Å²) < 4.78 is 5.41. The van der Waals surface area contributed by atoms with Crippen molar-refractivity contribution in [2.45, 2.75) is 18.1 Å². The monoisotopic (exact) mass is 420 g/mol. The van der Waals surface area contributed by atoms with Crippen molar-refractivity contribution in [2.75, 3.05) is 18.9 Å². The predicted octanol–water partition coefficient (Wildman–Crippen LogP) is 2.91. The number of aliphatic hydroxyl groups excluding tert-OH is 2. The number of phenols is 1. The number of anilines is 1. The van der Waals surface area contributed by atoms with E-state index in [0.717, 1.165) is 22.3 Å². The van der Waals surface area contributed by atoms with E-state index < -0.39 is 18.3 Å². The first-order chi connectivity index (χ1) is 15.0. The van der Waals surface area contributed by atoms with Crippen LogP contribution in [0, 0.1) is 0 Å². The van der Waals surface area contributed by atoms with Gasteiger partial charge in [0, 0.05) is 18.0 Å². The van der Waals surface area contributed by atoms with Gasteiger partial charge in [0.25, 0.3) is 0 Å². The van der Waals surface area contributed by atoms with Gasteiger partial charge in [-0.2, -0.15) is 0 Å². The number of carbonyl (C=O) groups is 1. The summed E-state index contributed by atoms with van der Waals surface area (Å²) >= 11 is 0. The van der Waals surface area contributed by atoms with Crippen LogP contribution in [0.5, 0.6) is 5.75 Å². The Balaban J connectivity index is 1.35. The number of benzene rings is 3. The van der Waals surface area contributed by atoms with Gasteiger partial charge in [0.2, 0.25) is 0 Å². The number of nitrogen functional groups attached to an aromatic ring is 1. The molecule has 0 heterocycles. The highest BCUT2D eigenvalue weighted by atomic mass is 16.5. The number of para-hydroxylation sites is 1. The molecule has 2 unspecified atom stereocenters. The minimum Gasteiger partial charge on any atom is -0.505 e. The highest BCUT2D eigenvalue weighted by Gasteiger charge is 2.29. The summed E-state index contributed by atoms with van der Waals surface area (Å²) in [7, 11) is 0. The van der Waals surface area contributed by atoms with Crippen LogP contribution in [0.3, 0.4) is 0 Å². The molecule has 0 radical (unpaired) electrons. The molecular formula is C24H24N2O5. The van der Waals surface area contributed by atoms with Gasteiger partial charge in [0.05, 0.1) is 5.69 Å². The molecule has 1 amide bonds. The van der Waals surface area contributed by atoms with Crippen LogP contribution in [0.15, 0.2) is 66.7 Å². The molecule has 0 aliphatic heterocycles. The average Bonchev–Trinajstić information content (AvgIpc) is 3.11. The summed E-state index contributed by atoms with van der Waals surface area (Å²) in [6, 6.07) is 20.5. The second-order valence-electron chi connectivity index (χ2n) is 7.50. The number of ether oxygens (including phenoxy) is 1. The Kier molecular flexibility index (Phi) is 5.79. The zero-order valence-electron chi connectivity index (χ0n) is 16.7. The summed E-state index contributed by atoms with van der Waals surface area (Å²) in [6.07, 6.45) is -3.48. The highest BCUT2D eigenvalue weighted by molar-refractivity contribution is 5.79. The fraction of sp³-hybridized carbons (Fsp3) is 0.208. The van der Waals surface area contributed by atoms with Gasteiger partial charge in [0.15, 0.2) is 0 Å². The lowest BCUT2D eigenvalue weighted by Crippen LogP contribution is -2.36. The van der Waals surface area contributed by atoms with Gasteiger partial charge < -0.3 is 31.1 Å². The van der Waals surface area contributed by atoms with Gasteiger partial charge in [-0.05, 0) is 28.3 Å². The maximum atomic E-state index is 12.2. The molecular weight excluding hydrogens is 396 g/mol. The maximum absolute atomic E-state index is 12.2. The molecule has 7 nitrogen and oxygen atoms in total. The second-order valence-corrected chi connectivity index (χ2v) is 7.50. The molecule has 0 saturated carbocycles. The van der Waals surface area contributed by atoms with Crippen molar-refractivity contribution in [1.29, 1.82) is 0 Å². The highest BCUT2D eigenvalue weighted by Crippen LogP contribution is 2.44. The first-order valence-corrected chi connectivity index (χ1v) is 9.99. The van der Waals surface area contributed by atoms with Crippen molar-refractivity contribution < 1.29 is 24.9 Å². The molecule has 2 atom stereocenters. The standard InChI is InChI=1S/C24H24N2O5/c25-20-11-5-10-18(22(20)28)23(29)21(27)12-26-24(30)31-13-19-16-8-3-1-6-14(16)15-7-2-4-9-17(15)19/h1-11,19,21,23,27-29H,12-13,25H2,(H,26,30). The maximum Gasteiger partial charge on any atom is 0.407 e. The number of alkyl carbamates (subject to hydrolysis) is 1. The molecule has 1 aliphatic rings. The number of amides is 1. The Morgan fingerprint density at radius 1 is 0.968 bits per heavy atom. The number of aromatic hydroxyl groups is 1. The van der Waals surface area contributed by atoms with Gasteiger partial charge in [-0.3, -0.25) is 0 Å². The molecule has 4 rings (SSSR count). The lowest BCUT2D eigenvalue weighted by molar-refractivity contribution is 0.0173. The van der Waals surface area contributed by atoms with E-state index in [4.69, 9.17) is 10.5 Å². The molecule has 160 valence electrons. The fourth-order valence-corrected chi connectivity index (χ4v) is 3.97. The van der Waals surface area contributed by atoms with Gasteiger partial charge in [-0.15, -0.1) is 0 Å². The first kappa shape index (κ1) is 20.7. The third-order valence-electron chi connectivity index (χ3n) is 5.58. The van der Waals surface area contributed by atoms with Crippen LogP contribution in [0.25, 0.3) is 11.1 Å². The molecule has 7 heteroatoms. The van der Waals surface area contributed by atoms with Gasteiger partial charge in [0.1, 0.15) is 24.6 Å². The van der Waals surface area contributed by atoms with Crippen molar-refractivity contribution in [3.63, 3.8) is 0 Å². The van der Waals surface area contributed by atoms with E-state index in [-0.39, 0.29) is 36.1 Å². The smallest absolute Gasteiger partial charge is 0.407 e. The van der Waals surface area contributed by atoms with Crippen molar-refractivity contribution in [2.24, 2.45) is 0 Å². The third kappa shape index (κ3) is 4.05. The SMILES string of the molecule is Nc1cccc(C(O)C(O)CNC(=O)OCC2c3ccccc3-c3ccccc32)c1O. The molecule has 0 saturated heterocycles. The number of hydrogen-bond donors (Lipinski definition) is 5. The van der Waals surface area contributed by atoms with Crippen molar-refractivity contribution in [3.8, 4) is 16.9 Å². The van der Waals surface area contributed by atoms with Crippen molar-refractivity contribution in [3.05, 3.63) is 83.4 Å². The molecule has 31 heavy (non-hydrogen) atoms. The number of aliphatic hydroxyl groups is 2. The van der Waals surface area contributed by atoms with E-state index in [1.165, 1.54) is 12.1 Å². The van der Waals surface area contributed by atoms with Gasteiger partial charge >= 0.3 is 6.09 Å². The van der Waals surface area contributed by atoms with E-state index >= 15 is 0 Å². The zero-order valence-corrected chi connectivity index (χ0v) is 16.7. The molecule has 0 spiro atoms. The lowest BCUT2D eigenvalue weighted by atomic mass is 9.98. The number of fused-ring (bicyclic) bond motifs is 3. The predicted molar refractivity (Wildman–Crippen MR) is 117 cm³/mol. The van der Waals surface area contributed by atoms with Crippen molar-refractivity contribution >= 4 is 11.8 Å². The zero-order chi connectivity index (χ0) is 22.0. The van der Waals surface area contributed by atoms with Crippen LogP contribution in [0.2, 0.25) is 0 Å². The van der Waals surface area contributed by atoms with Crippen molar-refractivity contribution in [1.82, 2.24) is 5.32 Å². The lowest BCUT2D eigenvalue weighted by Gasteiger charge is -2.20. The van der Waals surface area contributed by atoms with Crippen LogP contribution in [-0.2, 0) is 4.74 Å². The molecule has 0 fully saturated rings. The number of rotatable bonds is 6. The number of phenolic OH excluding ortho intramolecular Hbond substituents is 1. The molecule has 6 N–H and O–H groups in total. The third-order valence-corrected chi connectivity index (χ3v) is 5.58. The van der Waals surface area contributed by atoms with Crippen LogP contribution in [0.4, 0.5) is 10.5 Å². The quantitative estimate of drug-likeness (QED) is 0.308. The molecule has 1 aliphatic carbocycles. The Hall–Kier alpha value is -3.55. The summed E-state index contributed by atoms with van der Waals surface area (Å²) in [5.74, 6) is -0.368. The minimum atomic E-state index is -1.42. The Morgan fingerprint density at radius 3 is 2.23 bits per heavy atom. The van der Waals surface area contributed by atoms with Crippen LogP contribution >= 0.6 is 0 Å².